The van der Waals surface area contributed by atoms with Gasteiger partial charge in [-0.05, 0) is 0 Å². The molecular weight excluding hydrogens is 234 g/mol. The Kier molecular flexibility index (Phi) is 3.89. The molecule has 2 rings (SSSR count). The summed E-state index contributed by atoms with van der Waals surface area (Å²) in [6.45, 7) is 2.49. The minimum Gasteiger partial charge on any atom is -0.627 e. The zero-order valence-electron chi connectivity index (χ0n) is 9.93. The van der Waals surface area contributed by atoms with E-state index >= 15 is 0 Å². The number of hydrogen-bond donors (Lipinski definition) is 1. The zero-order chi connectivity index (χ0) is 12.3. The Labute approximate surface area is 106 Å². The van der Waals surface area contributed by atoms with Crippen molar-refractivity contribution in [3.8, 4) is 0 Å². The Bertz CT molecular complexity index is 419. The summed E-state index contributed by atoms with van der Waals surface area (Å²) in [5.74, 6) is 0.524. The molecule has 0 fully saturated rings. The first-order valence-corrected chi connectivity index (χ1v) is 6.70. The molecule has 0 aromatic heterocycles. The SMILES string of the molecule is CC1=C(CCO)SC[N+]1([O-])Cc1ccccc1. The molecule has 0 radical (unpaired) electrons. The first kappa shape index (κ1) is 12.6. The maximum Gasteiger partial charge on any atom is 0.134 e. The molecule has 0 saturated carbocycles. The average molecular weight is 251 g/mol. The number of hydroxylamine groups is 3. The third-order valence-electron chi connectivity index (χ3n) is 3.08. The smallest absolute Gasteiger partial charge is 0.134 e. The second-order valence-corrected chi connectivity index (χ2v) is 5.33. The van der Waals surface area contributed by atoms with Gasteiger partial charge in [0.05, 0.1) is 0 Å². The monoisotopic (exact) mass is 251 g/mol. The molecule has 1 unspecified atom stereocenters. The summed E-state index contributed by atoms with van der Waals surface area (Å²) in [6.07, 6.45) is 0.605. The molecule has 1 heterocycles. The summed E-state index contributed by atoms with van der Waals surface area (Å²) in [5, 5.41) is 21.6. The third kappa shape index (κ3) is 2.72. The number of aliphatic hydroxyl groups excluding tert-OH is 1. The number of quaternary nitrogens is 1. The zero-order valence-corrected chi connectivity index (χ0v) is 10.7. The standard InChI is InChI=1S/C13H17NO2S/c1-11-13(7-8-15)17-10-14(11,16)9-12-5-3-2-4-6-12/h2-6,15H,7-10H2,1H3. The van der Waals surface area contributed by atoms with Crippen molar-refractivity contribution in [3.05, 3.63) is 51.7 Å². The molecule has 17 heavy (non-hydrogen) atoms. The number of benzene rings is 1. The molecule has 1 N–H and O–H groups in total. The first-order chi connectivity index (χ1) is 8.15. The molecule has 3 nitrogen and oxygen atoms in total. The largest absolute Gasteiger partial charge is 0.627 e. The summed E-state index contributed by atoms with van der Waals surface area (Å²) in [6, 6.07) is 9.84. The van der Waals surface area contributed by atoms with Gasteiger partial charge in [-0.25, -0.2) is 0 Å². The predicted octanol–water partition coefficient (Wildman–Crippen LogP) is 2.82. The summed E-state index contributed by atoms with van der Waals surface area (Å²) < 4.78 is -0.288. The van der Waals surface area contributed by atoms with Crippen LogP contribution in [-0.4, -0.2) is 22.2 Å². The van der Waals surface area contributed by atoms with Gasteiger partial charge < -0.3 is 15.0 Å². The van der Waals surface area contributed by atoms with Crippen molar-refractivity contribution in [2.24, 2.45) is 0 Å². The van der Waals surface area contributed by atoms with Gasteiger partial charge in [-0.3, -0.25) is 0 Å². The Balaban J connectivity index is 2.16. The molecule has 0 spiro atoms. The van der Waals surface area contributed by atoms with E-state index < -0.39 is 0 Å². The van der Waals surface area contributed by atoms with Crippen molar-refractivity contribution < 1.29 is 9.75 Å². The van der Waals surface area contributed by atoms with Crippen LogP contribution in [0.2, 0.25) is 0 Å². The highest BCUT2D eigenvalue weighted by Gasteiger charge is 2.30. The second kappa shape index (κ2) is 5.23. The van der Waals surface area contributed by atoms with Crippen molar-refractivity contribution >= 4 is 11.8 Å². The summed E-state index contributed by atoms with van der Waals surface area (Å²) in [4.78, 5) is 1.05. The van der Waals surface area contributed by atoms with E-state index in [-0.39, 0.29) is 11.3 Å². The molecule has 92 valence electrons. The number of nitrogens with zero attached hydrogens (tertiary/aromatic N) is 1. The lowest BCUT2D eigenvalue weighted by molar-refractivity contribution is -0.841. The topological polar surface area (TPSA) is 43.3 Å². The predicted molar refractivity (Wildman–Crippen MR) is 70.6 cm³/mol. The van der Waals surface area contributed by atoms with Crippen LogP contribution in [0, 0.1) is 5.21 Å². The highest BCUT2D eigenvalue weighted by molar-refractivity contribution is 8.03. The molecule has 0 aliphatic carbocycles. The number of aliphatic hydroxyl groups is 1. The van der Waals surface area contributed by atoms with Crippen LogP contribution in [0.3, 0.4) is 0 Å². The fraction of sp³-hybridized carbons (Fsp3) is 0.385. The average Bonchev–Trinajstić information content (AvgIpc) is 2.59. The van der Waals surface area contributed by atoms with Gasteiger partial charge in [0.15, 0.2) is 0 Å². The molecule has 1 aromatic rings. The van der Waals surface area contributed by atoms with Crippen LogP contribution in [0.15, 0.2) is 40.9 Å². The van der Waals surface area contributed by atoms with E-state index in [1.807, 2.05) is 37.3 Å². The lowest BCUT2D eigenvalue weighted by Crippen LogP contribution is -2.36. The first-order valence-electron chi connectivity index (χ1n) is 5.72. The van der Waals surface area contributed by atoms with Gasteiger partial charge >= 0.3 is 0 Å². The number of rotatable bonds is 4. The number of thioether (sulfide) groups is 1. The summed E-state index contributed by atoms with van der Waals surface area (Å²) in [7, 11) is 0. The van der Waals surface area contributed by atoms with E-state index in [9.17, 15) is 5.21 Å². The van der Waals surface area contributed by atoms with Crippen LogP contribution >= 0.6 is 11.8 Å². The highest BCUT2D eigenvalue weighted by Crippen LogP contribution is 2.40. The van der Waals surface area contributed by atoms with E-state index in [0.717, 1.165) is 16.2 Å². The van der Waals surface area contributed by atoms with Crippen molar-refractivity contribution in [1.29, 1.82) is 0 Å². The highest BCUT2D eigenvalue weighted by atomic mass is 32.2. The van der Waals surface area contributed by atoms with Crippen LogP contribution in [0.4, 0.5) is 0 Å². The quantitative estimate of drug-likeness (QED) is 0.661. The lowest BCUT2D eigenvalue weighted by Gasteiger charge is -2.38. The Morgan fingerprint density at radius 1 is 1.35 bits per heavy atom. The van der Waals surface area contributed by atoms with E-state index in [4.69, 9.17) is 5.11 Å². The normalized spacial score (nSPS) is 24.4. The molecule has 1 aliphatic rings. The Morgan fingerprint density at radius 3 is 2.71 bits per heavy atom. The van der Waals surface area contributed by atoms with Gasteiger partial charge in [0.2, 0.25) is 0 Å². The van der Waals surface area contributed by atoms with Crippen LogP contribution in [-0.2, 0) is 6.54 Å². The Hall–Kier alpha value is -0.810. The van der Waals surface area contributed by atoms with E-state index in [0.29, 0.717) is 18.8 Å². The van der Waals surface area contributed by atoms with Crippen molar-refractivity contribution in [3.63, 3.8) is 0 Å². The van der Waals surface area contributed by atoms with Gasteiger partial charge in [-0.2, -0.15) is 0 Å². The molecular formula is C13H17NO2S. The fourth-order valence-electron chi connectivity index (χ4n) is 2.01. The lowest BCUT2D eigenvalue weighted by atomic mass is 10.2. The van der Waals surface area contributed by atoms with Crippen LogP contribution in [0.1, 0.15) is 18.9 Å². The van der Waals surface area contributed by atoms with Gasteiger partial charge in [-0.1, -0.05) is 42.1 Å². The van der Waals surface area contributed by atoms with Crippen LogP contribution in [0.25, 0.3) is 0 Å². The van der Waals surface area contributed by atoms with Crippen LogP contribution < -0.4 is 0 Å². The van der Waals surface area contributed by atoms with Crippen LogP contribution in [0.5, 0.6) is 0 Å². The maximum atomic E-state index is 12.7. The van der Waals surface area contributed by atoms with Crippen molar-refractivity contribution in [2.45, 2.75) is 19.9 Å². The fourth-order valence-corrected chi connectivity index (χ4v) is 3.27. The third-order valence-corrected chi connectivity index (χ3v) is 4.48. The van der Waals surface area contributed by atoms with Gasteiger partial charge in [0.1, 0.15) is 18.1 Å². The van der Waals surface area contributed by atoms with E-state index in [1.165, 1.54) is 0 Å². The molecule has 0 saturated heterocycles. The van der Waals surface area contributed by atoms with Crippen molar-refractivity contribution in [2.75, 3.05) is 12.5 Å². The van der Waals surface area contributed by atoms with Gasteiger partial charge in [-0.15, -0.1) is 0 Å². The van der Waals surface area contributed by atoms with Gasteiger partial charge in [0.25, 0.3) is 0 Å². The molecule has 1 aromatic carbocycles. The molecule has 1 aliphatic heterocycles. The number of hydrogen-bond acceptors (Lipinski definition) is 3. The van der Waals surface area contributed by atoms with Crippen molar-refractivity contribution in [1.82, 2.24) is 0 Å². The second-order valence-electron chi connectivity index (χ2n) is 4.29. The van der Waals surface area contributed by atoms with Gasteiger partial charge in [0, 0.05) is 30.4 Å². The number of allylic oxidation sites excluding steroid dienone is 1. The van der Waals surface area contributed by atoms with E-state index in [2.05, 4.69) is 0 Å². The molecule has 4 heteroatoms. The molecule has 0 bridgehead atoms. The Morgan fingerprint density at radius 2 is 2.06 bits per heavy atom. The molecule has 0 amide bonds. The molecule has 1 atom stereocenters. The maximum absolute atomic E-state index is 12.7. The minimum absolute atomic E-state index is 0.116. The minimum atomic E-state index is -0.288. The summed E-state index contributed by atoms with van der Waals surface area (Å²) >= 11 is 1.58. The van der Waals surface area contributed by atoms with E-state index in [1.54, 1.807) is 11.8 Å². The summed E-state index contributed by atoms with van der Waals surface area (Å²) in [5.41, 5.74) is 1.92.